The summed E-state index contributed by atoms with van der Waals surface area (Å²) in [5.74, 6) is -1.22. The van der Waals surface area contributed by atoms with Crippen molar-refractivity contribution in [1.29, 1.82) is 0 Å². The van der Waals surface area contributed by atoms with Crippen LogP contribution in [0.4, 0.5) is 18.9 Å². The average molecular weight is 916 g/mol. The van der Waals surface area contributed by atoms with Gasteiger partial charge in [-0.15, -0.1) is 0 Å². The highest BCUT2D eigenvalue weighted by Gasteiger charge is 2.35. The van der Waals surface area contributed by atoms with E-state index in [0.29, 0.717) is 96.5 Å². The van der Waals surface area contributed by atoms with E-state index in [9.17, 15) is 23.5 Å². The number of hydrogen-bond acceptors (Lipinski definition) is 8. The second kappa shape index (κ2) is 19.1. The molecule has 1 fully saturated rings. The van der Waals surface area contributed by atoms with E-state index in [4.69, 9.17) is 9.47 Å². The normalized spacial score (nSPS) is 16.2. The van der Waals surface area contributed by atoms with E-state index in [1.807, 2.05) is 42.2 Å². The Hall–Kier alpha value is -6.91. The Morgan fingerprint density at radius 1 is 0.940 bits per heavy atom. The Morgan fingerprint density at radius 2 is 1.70 bits per heavy atom. The molecule has 13 nitrogen and oxygen atoms in total. The Balaban J connectivity index is 1.07. The number of nitrogens with zero attached hydrogens (tertiary/aromatic N) is 6. The molecule has 0 aliphatic carbocycles. The number of anilines is 1. The van der Waals surface area contributed by atoms with Crippen molar-refractivity contribution in [3.05, 3.63) is 142 Å². The molecule has 67 heavy (non-hydrogen) atoms. The lowest BCUT2D eigenvalue weighted by molar-refractivity contribution is -0.131. The number of aromatic nitrogens is 3. The molecule has 6 aromatic rings. The van der Waals surface area contributed by atoms with Crippen molar-refractivity contribution in [2.24, 2.45) is 7.05 Å². The number of carbonyl (C=O) groups excluding carboxylic acids is 3. The number of alkyl halides is 2. The van der Waals surface area contributed by atoms with Crippen molar-refractivity contribution in [2.75, 3.05) is 51.3 Å². The standard InChI is InChI=1S/C51H52F3N7O6/c1-31-22-33-6-4-5-7-36(33)29-60(31)50(65)43-24-37-28-59(45(63)25-35-8-13-41(26-44(35)52)67-21-18-58-16-19-66-20-17-58)15-14-34(37)23-42(43)48-47(38-27-55-61(30-38)51(53)54)46(32(2)57(48)3)49(64)56-39-9-11-40(62)12-10-39/h4-13,23-24,26-27,30-31,51,62H,14-22,25,28-29H2,1-3H3,(H,56,64)/t31-/m1/s1. The highest BCUT2D eigenvalue weighted by atomic mass is 19.3. The van der Waals surface area contributed by atoms with Gasteiger partial charge >= 0.3 is 6.55 Å². The van der Waals surface area contributed by atoms with Crippen LogP contribution in [0, 0.1) is 12.7 Å². The summed E-state index contributed by atoms with van der Waals surface area (Å²) < 4.78 is 57.3. The van der Waals surface area contributed by atoms with Gasteiger partial charge in [-0.2, -0.15) is 13.9 Å². The fourth-order valence-electron chi connectivity index (χ4n) is 9.44. The van der Waals surface area contributed by atoms with Gasteiger partial charge in [-0.25, -0.2) is 9.07 Å². The number of ether oxygens (including phenoxy) is 2. The van der Waals surface area contributed by atoms with Gasteiger partial charge < -0.3 is 34.3 Å². The van der Waals surface area contributed by atoms with E-state index < -0.39 is 18.3 Å². The van der Waals surface area contributed by atoms with Gasteiger partial charge in [-0.1, -0.05) is 30.3 Å². The molecule has 16 heteroatoms. The molecule has 0 bridgehead atoms. The van der Waals surface area contributed by atoms with Crippen molar-refractivity contribution < 1.29 is 42.1 Å². The number of phenolic OH excluding ortho intramolecular Hbond substituents is 1. The minimum atomic E-state index is -2.95. The van der Waals surface area contributed by atoms with Crippen LogP contribution in [0.1, 0.15) is 67.7 Å². The van der Waals surface area contributed by atoms with E-state index in [-0.39, 0.29) is 53.3 Å². The van der Waals surface area contributed by atoms with Crippen LogP contribution in [0.2, 0.25) is 0 Å². The van der Waals surface area contributed by atoms with E-state index in [1.54, 1.807) is 47.7 Å². The maximum Gasteiger partial charge on any atom is 0.333 e. The van der Waals surface area contributed by atoms with E-state index >= 15 is 9.18 Å². The largest absolute Gasteiger partial charge is 0.508 e. The maximum absolute atomic E-state index is 15.5. The third-order valence-corrected chi connectivity index (χ3v) is 13.2. The molecule has 3 aliphatic rings. The number of carbonyl (C=O) groups is 3. The number of aromatic hydroxyl groups is 1. The van der Waals surface area contributed by atoms with Crippen molar-refractivity contribution in [3.8, 4) is 33.9 Å². The topological polar surface area (TPSA) is 134 Å². The Kier molecular flexibility index (Phi) is 12.9. The first-order valence-electron chi connectivity index (χ1n) is 22.5. The Labute approximate surface area is 386 Å². The molecule has 3 aliphatic heterocycles. The molecule has 5 heterocycles. The van der Waals surface area contributed by atoms with E-state index in [2.05, 4.69) is 21.4 Å². The van der Waals surface area contributed by atoms with Crippen molar-refractivity contribution in [1.82, 2.24) is 29.0 Å². The number of hydrogen-bond donors (Lipinski definition) is 2. The molecule has 4 aromatic carbocycles. The number of morpholine rings is 1. The predicted molar refractivity (Wildman–Crippen MR) is 246 cm³/mol. The zero-order valence-corrected chi connectivity index (χ0v) is 37.6. The number of phenols is 1. The lowest BCUT2D eigenvalue weighted by atomic mass is 9.88. The van der Waals surface area contributed by atoms with Gasteiger partial charge in [-0.05, 0) is 97.0 Å². The van der Waals surface area contributed by atoms with Gasteiger partial charge in [0, 0.05) is 98.3 Å². The number of amides is 3. The van der Waals surface area contributed by atoms with Crippen LogP contribution in [-0.4, -0.2) is 104 Å². The second-order valence-electron chi connectivity index (χ2n) is 17.4. The monoisotopic (exact) mass is 915 g/mol. The quantitative estimate of drug-likeness (QED) is 0.119. The lowest BCUT2D eigenvalue weighted by Gasteiger charge is -2.36. The highest BCUT2D eigenvalue weighted by molar-refractivity contribution is 6.13. The molecule has 2 aromatic heterocycles. The van der Waals surface area contributed by atoms with Crippen LogP contribution < -0.4 is 10.1 Å². The summed E-state index contributed by atoms with van der Waals surface area (Å²) in [5.41, 5.74) is 6.89. The number of halogens is 3. The minimum absolute atomic E-state index is 0.0141. The van der Waals surface area contributed by atoms with Crippen LogP contribution in [0.5, 0.6) is 11.5 Å². The zero-order chi connectivity index (χ0) is 46.9. The first kappa shape index (κ1) is 45.3. The molecule has 0 unspecified atom stereocenters. The lowest BCUT2D eigenvalue weighted by Crippen LogP contribution is -2.43. The summed E-state index contributed by atoms with van der Waals surface area (Å²) in [4.78, 5) is 49.3. The molecule has 1 saturated heterocycles. The SMILES string of the molecule is Cc1c(C(=O)Nc2ccc(O)cc2)c(-c2cnn(C(F)F)c2)c(-c2cc3c(cc2C(=O)N2Cc4ccccc4C[C@H]2C)CN(C(=O)Cc2ccc(OCCN4CCOCC4)cc2F)CC3)n1C. The molecule has 2 N–H and O–H groups in total. The molecule has 9 rings (SSSR count). The van der Waals surface area contributed by atoms with E-state index in [1.165, 1.54) is 30.6 Å². The summed E-state index contributed by atoms with van der Waals surface area (Å²) in [6.45, 7) is 5.72. The van der Waals surface area contributed by atoms with Crippen LogP contribution in [0.25, 0.3) is 22.4 Å². The zero-order valence-electron chi connectivity index (χ0n) is 37.6. The van der Waals surface area contributed by atoms with Crippen molar-refractivity contribution >= 4 is 23.4 Å². The molecule has 0 radical (unpaired) electrons. The van der Waals surface area contributed by atoms with Crippen LogP contribution in [-0.2, 0) is 48.9 Å². The first-order valence-corrected chi connectivity index (χ1v) is 22.5. The fraction of sp³-hybridized carbons (Fsp3) is 0.333. The highest BCUT2D eigenvalue weighted by Crippen LogP contribution is 2.43. The number of benzene rings is 4. The summed E-state index contributed by atoms with van der Waals surface area (Å²) in [5, 5.41) is 16.7. The molecule has 348 valence electrons. The van der Waals surface area contributed by atoms with E-state index in [0.717, 1.165) is 35.3 Å². The van der Waals surface area contributed by atoms with Crippen LogP contribution >= 0.6 is 0 Å². The molecule has 0 spiro atoms. The van der Waals surface area contributed by atoms with Gasteiger partial charge in [-0.3, -0.25) is 19.3 Å². The summed E-state index contributed by atoms with van der Waals surface area (Å²) in [7, 11) is 1.76. The number of fused-ring (bicyclic) bond motifs is 2. The first-order chi connectivity index (χ1) is 32.3. The summed E-state index contributed by atoms with van der Waals surface area (Å²) in [6.07, 6.45) is 3.33. The molecular weight excluding hydrogens is 864 g/mol. The molecule has 3 amide bonds. The van der Waals surface area contributed by atoms with Gasteiger partial charge in [0.2, 0.25) is 5.91 Å². The van der Waals surface area contributed by atoms with Crippen LogP contribution in [0.15, 0.2) is 91.3 Å². The number of nitrogens with one attached hydrogen (secondary N) is 1. The number of rotatable bonds is 12. The maximum atomic E-state index is 15.5. The molecule has 1 atom stereocenters. The molecular formula is C51H52F3N7O6. The summed E-state index contributed by atoms with van der Waals surface area (Å²) >= 11 is 0. The van der Waals surface area contributed by atoms with Gasteiger partial charge in [0.25, 0.3) is 11.8 Å². The molecule has 0 saturated carbocycles. The van der Waals surface area contributed by atoms with Gasteiger partial charge in [0.1, 0.15) is 23.9 Å². The third kappa shape index (κ3) is 9.41. The van der Waals surface area contributed by atoms with Crippen molar-refractivity contribution in [2.45, 2.75) is 58.8 Å². The van der Waals surface area contributed by atoms with Crippen LogP contribution in [0.3, 0.4) is 0 Å². The summed E-state index contributed by atoms with van der Waals surface area (Å²) in [6, 6.07) is 22.1. The fourth-order valence-corrected chi connectivity index (χ4v) is 9.44. The Morgan fingerprint density at radius 3 is 2.43 bits per heavy atom. The third-order valence-electron chi connectivity index (χ3n) is 13.2. The smallest absolute Gasteiger partial charge is 0.333 e. The predicted octanol–water partition coefficient (Wildman–Crippen LogP) is 7.78. The second-order valence-corrected chi connectivity index (χ2v) is 17.4. The van der Waals surface area contributed by atoms with Gasteiger partial charge in [0.05, 0.1) is 37.1 Å². The average Bonchev–Trinajstić information content (AvgIpc) is 3.92. The van der Waals surface area contributed by atoms with Gasteiger partial charge in [0.15, 0.2) is 0 Å². The minimum Gasteiger partial charge on any atom is -0.508 e. The van der Waals surface area contributed by atoms with Crippen molar-refractivity contribution in [3.63, 3.8) is 0 Å². The Bertz CT molecular complexity index is 2840.